The molecule has 1 aromatic heterocycles. The molecule has 0 bridgehead atoms. The molecule has 4 heteroatoms. The maximum Gasteiger partial charge on any atom is 0.134 e. The summed E-state index contributed by atoms with van der Waals surface area (Å²) in [5.74, 6) is 2.82. The average Bonchev–Trinajstić information content (AvgIpc) is 2.93. The number of rotatable bonds is 2. The molecule has 4 nitrogen and oxygen atoms in total. The highest BCUT2D eigenvalue weighted by Crippen LogP contribution is 2.32. The maximum atomic E-state index is 4.83. The van der Waals surface area contributed by atoms with Gasteiger partial charge in [0.25, 0.3) is 0 Å². The predicted octanol–water partition coefficient (Wildman–Crippen LogP) is 1.85. The number of anilines is 1. The van der Waals surface area contributed by atoms with E-state index in [-0.39, 0.29) is 0 Å². The van der Waals surface area contributed by atoms with Crippen molar-refractivity contribution in [2.45, 2.75) is 38.5 Å². The number of hydrogen-bond acceptors (Lipinski definition) is 4. The number of hydrogen-bond donors (Lipinski definition) is 1. The third-order valence-electron chi connectivity index (χ3n) is 4.02. The van der Waals surface area contributed by atoms with Crippen molar-refractivity contribution in [2.24, 2.45) is 0 Å². The van der Waals surface area contributed by atoms with E-state index < -0.39 is 0 Å². The molecule has 2 aliphatic rings. The Balaban J connectivity index is 1.84. The fraction of sp³-hybridized carbons (Fsp3) is 0.714. The zero-order valence-electron chi connectivity index (χ0n) is 11.2. The highest BCUT2D eigenvalue weighted by Gasteiger charge is 2.21. The van der Waals surface area contributed by atoms with Crippen LogP contribution in [0.15, 0.2) is 6.07 Å². The minimum Gasteiger partial charge on any atom is -0.354 e. The van der Waals surface area contributed by atoms with Crippen LogP contribution in [0, 0.1) is 6.92 Å². The summed E-state index contributed by atoms with van der Waals surface area (Å²) in [6, 6.07) is 2.13. The van der Waals surface area contributed by atoms with Crippen molar-refractivity contribution in [1.29, 1.82) is 0 Å². The van der Waals surface area contributed by atoms with E-state index in [1.165, 1.54) is 25.7 Å². The van der Waals surface area contributed by atoms with E-state index in [0.29, 0.717) is 5.92 Å². The van der Waals surface area contributed by atoms with E-state index in [2.05, 4.69) is 28.2 Å². The Morgan fingerprint density at radius 3 is 2.61 bits per heavy atom. The molecule has 1 aromatic rings. The van der Waals surface area contributed by atoms with Gasteiger partial charge in [0.05, 0.1) is 0 Å². The molecular formula is C14H22N4. The van der Waals surface area contributed by atoms with Crippen LogP contribution < -0.4 is 10.2 Å². The van der Waals surface area contributed by atoms with E-state index in [9.17, 15) is 0 Å². The number of piperazine rings is 1. The van der Waals surface area contributed by atoms with Gasteiger partial charge in [0.15, 0.2) is 0 Å². The van der Waals surface area contributed by atoms with Gasteiger partial charge in [-0.15, -0.1) is 0 Å². The molecule has 0 unspecified atom stereocenters. The molecule has 0 aromatic carbocycles. The minimum absolute atomic E-state index is 0.603. The first kappa shape index (κ1) is 11.9. The smallest absolute Gasteiger partial charge is 0.134 e. The van der Waals surface area contributed by atoms with Crippen molar-refractivity contribution in [3.8, 4) is 0 Å². The standard InChI is InChI=1S/C14H22N4/c1-11-10-13(18-8-6-15-7-9-18)17-14(16-11)12-4-2-3-5-12/h10,12,15H,2-9H2,1H3. The van der Waals surface area contributed by atoms with Crippen LogP contribution in [0.2, 0.25) is 0 Å². The summed E-state index contributed by atoms with van der Waals surface area (Å²) < 4.78 is 0. The third kappa shape index (κ3) is 2.48. The van der Waals surface area contributed by atoms with Crippen molar-refractivity contribution < 1.29 is 0 Å². The summed E-state index contributed by atoms with van der Waals surface area (Å²) in [4.78, 5) is 11.9. The second kappa shape index (κ2) is 5.22. The number of aromatic nitrogens is 2. The van der Waals surface area contributed by atoms with Crippen LogP contribution in [-0.4, -0.2) is 36.1 Å². The van der Waals surface area contributed by atoms with Gasteiger partial charge in [-0.2, -0.15) is 0 Å². The number of nitrogens with one attached hydrogen (secondary N) is 1. The molecule has 98 valence electrons. The van der Waals surface area contributed by atoms with E-state index in [1.807, 2.05) is 0 Å². The van der Waals surface area contributed by atoms with Gasteiger partial charge in [0.1, 0.15) is 11.6 Å². The van der Waals surface area contributed by atoms with Crippen molar-refractivity contribution in [3.05, 3.63) is 17.6 Å². The van der Waals surface area contributed by atoms with Gasteiger partial charge < -0.3 is 10.2 Å². The third-order valence-corrected chi connectivity index (χ3v) is 4.02. The average molecular weight is 246 g/mol. The highest BCUT2D eigenvalue weighted by atomic mass is 15.2. The first-order valence-corrected chi connectivity index (χ1v) is 7.14. The molecule has 0 amide bonds. The normalized spacial score (nSPS) is 21.5. The van der Waals surface area contributed by atoms with Crippen LogP contribution in [0.25, 0.3) is 0 Å². The van der Waals surface area contributed by atoms with Crippen LogP contribution in [0.5, 0.6) is 0 Å². The molecule has 2 heterocycles. The fourth-order valence-electron chi connectivity index (χ4n) is 3.00. The molecule has 3 rings (SSSR count). The second-order valence-electron chi connectivity index (χ2n) is 5.44. The van der Waals surface area contributed by atoms with Crippen molar-refractivity contribution in [1.82, 2.24) is 15.3 Å². The monoisotopic (exact) mass is 246 g/mol. The summed E-state index contributed by atoms with van der Waals surface area (Å²) in [7, 11) is 0. The van der Waals surface area contributed by atoms with Crippen molar-refractivity contribution >= 4 is 5.82 Å². The molecule has 1 aliphatic heterocycles. The Morgan fingerprint density at radius 2 is 1.89 bits per heavy atom. The van der Waals surface area contributed by atoms with Crippen LogP contribution in [-0.2, 0) is 0 Å². The molecular weight excluding hydrogens is 224 g/mol. The highest BCUT2D eigenvalue weighted by molar-refractivity contribution is 5.40. The summed E-state index contributed by atoms with van der Waals surface area (Å²) in [6.45, 7) is 6.32. The first-order chi connectivity index (χ1) is 8.83. The predicted molar refractivity (Wildman–Crippen MR) is 73.1 cm³/mol. The lowest BCUT2D eigenvalue weighted by Crippen LogP contribution is -2.44. The number of aryl methyl sites for hydroxylation is 1. The zero-order chi connectivity index (χ0) is 12.4. The lowest BCUT2D eigenvalue weighted by atomic mass is 10.1. The zero-order valence-corrected chi connectivity index (χ0v) is 11.2. The summed E-state index contributed by atoms with van der Waals surface area (Å²) >= 11 is 0. The lowest BCUT2D eigenvalue weighted by Gasteiger charge is -2.29. The fourth-order valence-corrected chi connectivity index (χ4v) is 3.00. The van der Waals surface area contributed by atoms with Gasteiger partial charge in [-0.25, -0.2) is 9.97 Å². The van der Waals surface area contributed by atoms with Crippen molar-refractivity contribution in [2.75, 3.05) is 31.1 Å². The molecule has 1 N–H and O–H groups in total. The van der Waals surface area contributed by atoms with Gasteiger partial charge in [0.2, 0.25) is 0 Å². The van der Waals surface area contributed by atoms with Crippen LogP contribution in [0.3, 0.4) is 0 Å². The van der Waals surface area contributed by atoms with E-state index in [4.69, 9.17) is 4.98 Å². The van der Waals surface area contributed by atoms with E-state index in [1.54, 1.807) is 0 Å². The molecule has 0 spiro atoms. The largest absolute Gasteiger partial charge is 0.354 e. The van der Waals surface area contributed by atoms with E-state index >= 15 is 0 Å². The number of nitrogens with zero attached hydrogens (tertiary/aromatic N) is 3. The van der Waals surface area contributed by atoms with Gasteiger partial charge in [0, 0.05) is 43.9 Å². The van der Waals surface area contributed by atoms with Crippen LogP contribution >= 0.6 is 0 Å². The van der Waals surface area contributed by atoms with Gasteiger partial charge in [-0.05, 0) is 19.8 Å². The van der Waals surface area contributed by atoms with E-state index in [0.717, 1.165) is 43.5 Å². The van der Waals surface area contributed by atoms with Gasteiger partial charge in [-0.3, -0.25) is 0 Å². The second-order valence-corrected chi connectivity index (χ2v) is 5.44. The Kier molecular flexibility index (Phi) is 3.46. The van der Waals surface area contributed by atoms with Crippen molar-refractivity contribution in [3.63, 3.8) is 0 Å². The van der Waals surface area contributed by atoms with Crippen LogP contribution in [0.4, 0.5) is 5.82 Å². The molecule has 18 heavy (non-hydrogen) atoms. The molecule has 1 saturated heterocycles. The van der Waals surface area contributed by atoms with Gasteiger partial charge in [-0.1, -0.05) is 12.8 Å². The molecule has 2 fully saturated rings. The first-order valence-electron chi connectivity index (χ1n) is 7.14. The SMILES string of the molecule is Cc1cc(N2CCNCC2)nc(C2CCCC2)n1. The molecule has 1 saturated carbocycles. The maximum absolute atomic E-state index is 4.83. The summed E-state index contributed by atoms with van der Waals surface area (Å²) in [6.07, 6.45) is 5.21. The van der Waals surface area contributed by atoms with Crippen LogP contribution in [0.1, 0.15) is 43.1 Å². The Hall–Kier alpha value is -1.16. The summed E-state index contributed by atoms with van der Waals surface area (Å²) in [5, 5.41) is 3.38. The summed E-state index contributed by atoms with van der Waals surface area (Å²) in [5.41, 5.74) is 1.11. The Bertz CT molecular complexity index is 406. The molecule has 0 atom stereocenters. The topological polar surface area (TPSA) is 41.0 Å². The Labute approximate surface area is 109 Å². The molecule has 1 aliphatic carbocycles. The minimum atomic E-state index is 0.603. The quantitative estimate of drug-likeness (QED) is 0.864. The van der Waals surface area contributed by atoms with Gasteiger partial charge >= 0.3 is 0 Å². The molecule has 0 radical (unpaired) electrons. The Morgan fingerprint density at radius 1 is 1.17 bits per heavy atom. The lowest BCUT2D eigenvalue weighted by molar-refractivity contribution is 0.579.